The van der Waals surface area contributed by atoms with Gasteiger partial charge in [0.15, 0.2) is 0 Å². The van der Waals surface area contributed by atoms with Gasteiger partial charge in [0.1, 0.15) is 12.4 Å². The summed E-state index contributed by atoms with van der Waals surface area (Å²) in [6.45, 7) is 2.40. The second kappa shape index (κ2) is 5.74. The summed E-state index contributed by atoms with van der Waals surface area (Å²) in [6, 6.07) is 7.66. The molecule has 1 aromatic carbocycles. The van der Waals surface area contributed by atoms with E-state index in [2.05, 4.69) is 0 Å². The van der Waals surface area contributed by atoms with Gasteiger partial charge in [-0.2, -0.15) is 0 Å². The van der Waals surface area contributed by atoms with Crippen LogP contribution in [-0.2, 0) is 4.74 Å². The number of benzene rings is 1. The van der Waals surface area contributed by atoms with Crippen molar-refractivity contribution in [3.63, 3.8) is 0 Å². The molecular formula is C17H24O3. The Balaban J connectivity index is 1.50. The van der Waals surface area contributed by atoms with Crippen molar-refractivity contribution < 1.29 is 14.6 Å². The van der Waals surface area contributed by atoms with Crippen LogP contribution in [0.5, 0.6) is 5.75 Å². The van der Waals surface area contributed by atoms with Gasteiger partial charge >= 0.3 is 0 Å². The van der Waals surface area contributed by atoms with Crippen molar-refractivity contribution in [2.75, 3.05) is 6.61 Å². The molecule has 1 aliphatic heterocycles. The third kappa shape index (κ3) is 2.99. The van der Waals surface area contributed by atoms with Gasteiger partial charge < -0.3 is 14.6 Å². The van der Waals surface area contributed by atoms with Gasteiger partial charge in [0.2, 0.25) is 0 Å². The first-order valence-corrected chi connectivity index (χ1v) is 7.76. The highest BCUT2D eigenvalue weighted by Gasteiger charge is 2.42. The number of hydrogen-bond acceptors (Lipinski definition) is 3. The molecule has 0 radical (unpaired) electrons. The van der Waals surface area contributed by atoms with Gasteiger partial charge in [-0.15, -0.1) is 0 Å². The van der Waals surface area contributed by atoms with Crippen LogP contribution >= 0.6 is 0 Å². The van der Waals surface area contributed by atoms with E-state index in [1.807, 2.05) is 24.3 Å². The van der Waals surface area contributed by atoms with Crippen LogP contribution in [0.2, 0.25) is 0 Å². The van der Waals surface area contributed by atoms with Crippen LogP contribution < -0.4 is 4.74 Å². The van der Waals surface area contributed by atoms with E-state index in [4.69, 9.17) is 9.47 Å². The van der Waals surface area contributed by atoms with Crippen molar-refractivity contribution in [3.05, 3.63) is 29.8 Å². The third-order valence-corrected chi connectivity index (χ3v) is 4.65. The van der Waals surface area contributed by atoms with Crippen molar-refractivity contribution >= 4 is 0 Å². The normalized spacial score (nSPS) is 26.0. The van der Waals surface area contributed by atoms with Crippen LogP contribution in [0, 0.1) is 0 Å². The Kier molecular flexibility index (Phi) is 3.99. The lowest BCUT2D eigenvalue weighted by Crippen LogP contribution is -2.27. The van der Waals surface area contributed by atoms with E-state index in [1.54, 1.807) is 6.92 Å². The SMILES string of the molecule is C[C@@H](O)c1ccc(OCC2CCC3(CCCC3)O2)cc1. The number of aliphatic hydroxyl groups excluding tert-OH is 1. The monoisotopic (exact) mass is 276 g/mol. The summed E-state index contributed by atoms with van der Waals surface area (Å²) in [5.74, 6) is 0.852. The number of ether oxygens (including phenoxy) is 2. The van der Waals surface area contributed by atoms with E-state index in [-0.39, 0.29) is 11.7 Å². The van der Waals surface area contributed by atoms with Crippen LogP contribution in [0.25, 0.3) is 0 Å². The molecule has 2 atom stereocenters. The molecular weight excluding hydrogens is 252 g/mol. The molecule has 1 N–H and O–H groups in total. The minimum atomic E-state index is -0.426. The molecule has 1 aromatic rings. The molecule has 1 spiro atoms. The van der Waals surface area contributed by atoms with Crippen LogP contribution in [0.1, 0.15) is 57.1 Å². The molecule has 1 saturated heterocycles. The maximum atomic E-state index is 9.47. The topological polar surface area (TPSA) is 38.7 Å². The number of aliphatic hydroxyl groups is 1. The number of rotatable bonds is 4. The zero-order valence-corrected chi connectivity index (χ0v) is 12.2. The lowest BCUT2D eigenvalue weighted by Gasteiger charge is -2.23. The third-order valence-electron chi connectivity index (χ3n) is 4.65. The first-order chi connectivity index (χ1) is 9.67. The zero-order chi connectivity index (χ0) is 14.0. The molecule has 20 heavy (non-hydrogen) atoms. The highest BCUT2D eigenvalue weighted by molar-refractivity contribution is 5.28. The number of hydrogen-bond donors (Lipinski definition) is 1. The summed E-state index contributed by atoms with van der Waals surface area (Å²) in [5, 5.41) is 9.47. The Morgan fingerprint density at radius 1 is 1.25 bits per heavy atom. The van der Waals surface area contributed by atoms with E-state index >= 15 is 0 Å². The smallest absolute Gasteiger partial charge is 0.119 e. The summed E-state index contributed by atoms with van der Waals surface area (Å²) < 4.78 is 12.0. The molecule has 3 rings (SSSR count). The molecule has 0 aromatic heterocycles. The van der Waals surface area contributed by atoms with Gasteiger partial charge in [0.25, 0.3) is 0 Å². The standard InChI is InChI=1S/C17H24O3/c1-13(18)14-4-6-15(7-5-14)19-12-16-8-11-17(20-16)9-2-3-10-17/h4-7,13,16,18H,2-3,8-12H2,1H3/t13-,16?/m1/s1. The average Bonchev–Trinajstić information content (AvgIpc) is 3.08. The quantitative estimate of drug-likeness (QED) is 0.913. The van der Waals surface area contributed by atoms with Gasteiger partial charge in [0.05, 0.1) is 17.8 Å². The molecule has 1 heterocycles. The van der Waals surface area contributed by atoms with Gasteiger partial charge in [-0.25, -0.2) is 0 Å². The Bertz CT molecular complexity index is 432. The minimum absolute atomic E-state index is 0.185. The highest BCUT2D eigenvalue weighted by atomic mass is 16.6. The first kappa shape index (κ1) is 13.9. The average molecular weight is 276 g/mol. The van der Waals surface area contributed by atoms with Crippen molar-refractivity contribution in [2.45, 2.75) is 63.3 Å². The Morgan fingerprint density at radius 2 is 1.95 bits per heavy atom. The summed E-state index contributed by atoms with van der Waals surface area (Å²) >= 11 is 0. The van der Waals surface area contributed by atoms with Crippen LogP contribution in [0.3, 0.4) is 0 Å². The summed E-state index contributed by atoms with van der Waals surface area (Å²) in [6.07, 6.45) is 7.21. The molecule has 3 heteroatoms. The van der Waals surface area contributed by atoms with Crippen molar-refractivity contribution in [3.8, 4) is 5.75 Å². The predicted molar refractivity (Wildman–Crippen MR) is 77.9 cm³/mol. The Hall–Kier alpha value is -1.06. The van der Waals surface area contributed by atoms with E-state index in [9.17, 15) is 5.11 Å². The zero-order valence-electron chi connectivity index (χ0n) is 12.2. The predicted octanol–water partition coefficient (Wildman–Crippen LogP) is 3.61. The van der Waals surface area contributed by atoms with E-state index < -0.39 is 6.10 Å². The molecule has 0 amide bonds. The molecule has 2 fully saturated rings. The summed E-state index contributed by atoms with van der Waals surface area (Å²) in [7, 11) is 0. The summed E-state index contributed by atoms with van der Waals surface area (Å²) in [5.41, 5.74) is 1.10. The first-order valence-electron chi connectivity index (χ1n) is 7.76. The summed E-state index contributed by atoms with van der Waals surface area (Å²) in [4.78, 5) is 0. The minimum Gasteiger partial charge on any atom is -0.491 e. The van der Waals surface area contributed by atoms with Crippen LogP contribution in [-0.4, -0.2) is 23.4 Å². The molecule has 2 aliphatic rings. The molecule has 0 bridgehead atoms. The second-order valence-electron chi connectivity index (χ2n) is 6.22. The maximum absolute atomic E-state index is 9.47. The van der Waals surface area contributed by atoms with E-state index in [0.29, 0.717) is 6.61 Å². The fraction of sp³-hybridized carbons (Fsp3) is 0.647. The Morgan fingerprint density at radius 3 is 2.60 bits per heavy atom. The molecule has 3 nitrogen and oxygen atoms in total. The van der Waals surface area contributed by atoms with E-state index in [1.165, 1.54) is 32.1 Å². The van der Waals surface area contributed by atoms with Gasteiger partial charge in [0, 0.05) is 0 Å². The second-order valence-corrected chi connectivity index (χ2v) is 6.22. The van der Waals surface area contributed by atoms with Crippen LogP contribution in [0.15, 0.2) is 24.3 Å². The molecule has 1 saturated carbocycles. The van der Waals surface area contributed by atoms with Gasteiger partial charge in [-0.3, -0.25) is 0 Å². The van der Waals surface area contributed by atoms with Gasteiger partial charge in [-0.1, -0.05) is 25.0 Å². The van der Waals surface area contributed by atoms with Crippen molar-refractivity contribution in [1.82, 2.24) is 0 Å². The highest BCUT2D eigenvalue weighted by Crippen LogP contribution is 2.43. The van der Waals surface area contributed by atoms with Crippen LogP contribution in [0.4, 0.5) is 0 Å². The van der Waals surface area contributed by atoms with Crippen molar-refractivity contribution in [2.24, 2.45) is 0 Å². The molecule has 1 aliphatic carbocycles. The lowest BCUT2D eigenvalue weighted by atomic mass is 9.98. The lowest BCUT2D eigenvalue weighted by molar-refractivity contribution is -0.0508. The van der Waals surface area contributed by atoms with Crippen molar-refractivity contribution in [1.29, 1.82) is 0 Å². The fourth-order valence-electron chi connectivity index (χ4n) is 3.43. The molecule has 1 unspecified atom stereocenters. The largest absolute Gasteiger partial charge is 0.491 e. The maximum Gasteiger partial charge on any atom is 0.119 e. The Labute approximate surface area is 120 Å². The fourth-order valence-corrected chi connectivity index (χ4v) is 3.43. The van der Waals surface area contributed by atoms with E-state index in [0.717, 1.165) is 17.7 Å². The van der Waals surface area contributed by atoms with Gasteiger partial charge in [-0.05, 0) is 50.3 Å². The molecule has 110 valence electrons.